The summed E-state index contributed by atoms with van der Waals surface area (Å²) in [6.07, 6.45) is -3.70. The largest absolute Gasteiger partial charge is 0.472 e. The molecular weight excluding hydrogens is 548 g/mol. The second-order valence-electron chi connectivity index (χ2n) is 13.4. The highest BCUT2D eigenvalue weighted by atomic mass is 16.8. The molecule has 5 rings (SSSR count). The first-order chi connectivity index (χ1) is 19.9. The fraction of sp³-hybridized carbons (Fsp3) is 0.806. The number of aliphatic hydroxyl groups excluding tert-OH is 6. The van der Waals surface area contributed by atoms with Crippen molar-refractivity contribution in [1.82, 2.24) is 0 Å². The van der Waals surface area contributed by atoms with Gasteiger partial charge >= 0.3 is 0 Å². The molecule has 0 amide bonds. The number of ether oxygens (including phenoxy) is 4. The Hall–Kier alpha value is -1.38. The molecular formula is C31H48O11. The molecule has 3 heterocycles. The van der Waals surface area contributed by atoms with Gasteiger partial charge < -0.3 is 54.0 Å². The Kier molecular flexibility index (Phi) is 9.57. The van der Waals surface area contributed by atoms with Crippen LogP contribution in [0.2, 0.25) is 0 Å². The number of hydrogen-bond acceptors (Lipinski definition) is 11. The van der Waals surface area contributed by atoms with Crippen molar-refractivity contribution in [1.29, 1.82) is 0 Å². The molecule has 0 aromatic carbocycles. The van der Waals surface area contributed by atoms with Gasteiger partial charge in [0.15, 0.2) is 12.6 Å². The molecule has 2 saturated heterocycles. The molecule has 1 aromatic heterocycles. The number of furan rings is 1. The van der Waals surface area contributed by atoms with Crippen molar-refractivity contribution in [3.8, 4) is 0 Å². The van der Waals surface area contributed by atoms with E-state index in [2.05, 4.69) is 27.7 Å². The Bertz CT molecular complexity index is 1070. The summed E-state index contributed by atoms with van der Waals surface area (Å²) < 4.78 is 29.1. The average molecular weight is 597 g/mol. The normalized spacial score (nSPS) is 44.2. The smallest absolute Gasteiger partial charge is 0.187 e. The lowest BCUT2D eigenvalue weighted by atomic mass is 9.49. The fourth-order valence-corrected chi connectivity index (χ4v) is 8.05. The molecule has 0 bridgehead atoms. The van der Waals surface area contributed by atoms with Gasteiger partial charge in [-0.3, -0.25) is 0 Å². The lowest BCUT2D eigenvalue weighted by molar-refractivity contribution is -0.368. The van der Waals surface area contributed by atoms with Gasteiger partial charge in [-0.2, -0.15) is 0 Å². The van der Waals surface area contributed by atoms with E-state index in [4.69, 9.17) is 23.4 Å². The van der Waals surface area contributed by atoms with Crippen LogP contribution in [0.1, 0.15) is 65.4 Å². The van der Waals surface area contributed by atoms with Crippen LogP contribution in [0.4, 0.5) is 0 Å². The van der Waals surface area contributed by atoms with E-state index in [1.54, 1.807) is 12.5 Å². The van der Waals surface area contributed by atoms with Crippen LogP contribution in [0.15, 0.2) is 34.2 Å². The molecule has 0 spiro atoms. The van der Waals surface area contributed by atoms with Crippen molar-refractivity contribution < 1.29 is 54.0 Å². The number of hydrogen-bond donors (Lipinski definition) is 6. The number of aliphatic hydroxyl groups is 6. The predicted octanol–water partition coefficient (Wildman–Crippen LogP) is 1.41. The second kappa shape index (κ2) is 12.5. The molecule has 1 unspecified atom stereocenters. The zero-order valence-electron chi connectivity index (χ0n) is 25.0. The molecule has 11 heteroatoms. The van der Waals surface area contributed by atoms with Crippen molar-refractivity contribution in [2.45, 2.75) is 128 Å². The first-order valence-electron chi connectivity index (χ1n) is 15.2. The van der Waals surface area contributed by atoms with Crippen LogP contribution in [-0.4, -0.2) is 105 Å². The van der Waals surface area contributed by atoms with E-state index in [9.17, 15) is 30.6 Å². The van der Waals surface area contributed by atoms with Crippen LogP contribution in [0, 0.1) is 16.7 Å². The monoisotopic (exact) mass is 596 g/mol. The lowest BCUT2D eigenvalue weighted by Crippen LogP contribution is -2.64. The van der Waals surface area contributed by atoms with Gasteiger partial charge in [-0.25, -0.2) is 0 Å². The minimum absolute atomic E-state index is 0.0148. The average Bonchev–Trinajstić information content (AvgIpc) is 3.47. The van der Waals surface area contributed by atoms with Gasteiger partial charge in [0.05, 0.1) is 31.8 Å². The highest BCUT2D eigenvalue weighted by Gasteiger charge is 2.57. The second-order valence-corrected chi connectivity index (χ2v) is 13.4. The van der Waals surface area contributed by atoms with Crippen LogP contribution in [0.25, 0.3) is 0 Å². The molecule has 42 heavy (non-hydrogen) atoms. The highest BCUT2D eigenvalue weighted by Crippen LogP contribution is 2.61. The van der Waals surface area contributed by atoms with Gasteiger partial charge in [-0.15, -0.1) is 0 Å². The summed E-state index contributed by atoms with van der Waals surface area (Å²) in [7, 11) is 0. The quantitative estimate of drug-likeness (QED) is 0.240. The highest BCUT2D eigenvalue weighted by molar-refractivity contribution is 5.29. The third-order valence-electron chi connectivity index (χ3n) is 10.5. The summed E-state index contributed by atoms with van der Waals surface area (Å²) in [5, 5.41) is 61.9. The van der Waals surface area contributed by atoms with Crippen LogP contribution in [0.5, 0.6) is 0 Å². The van der Waals surface area contributed by atoms with Crippen LogP contribution < -0.4 is 0 Å². The minimum atomic E-state index is -1.60. The number of aryl methyl sites for hydroxylation is 1. The predicted molar refractivity (Wildman–Crippen MR) is 149 cm³/mol. The van der Waals surface area contributed by atoms with E-state index in [-0.39, 0.29) is 23.5 Å². The van der Waals surface area contributed by atoms with Gasteiger partial charge in [-0.1, -0.05) is 31.9 Å². The summed E-state index contributed by atoms with van der Waals surface area (Å²) >= 11 is 0. The molecule has 6 N–H and O–H groups in total. The van der Waals surface area contributed by atoms with Gasteiger partial charge in [0.1, 0.15) is 42.7 Å². The molecule has 0 radical (unpaired) electrons. The SMILES string of the molecule is CC1=C(CCc2ccoc2)[C@@]2(C)CC[C@H](O[C@@H]3O[C@H](CO)[C@@H](O)[C@H](O)[C@H]3O[C@@H]3OC[C@@H](O)[C@H](O)[C@H]3O)C(C)(C)C2CC1. The molecule has 12 atom stereocenters. The minimum Gasteiger partial charge on any atom is -0.472 e. The maximum Gasteiger partial charge on any atom is 0.187 e. The Balaban J connectivity index is 1.35. The molecule has 1 aromatic rings. The van der Waals surface area contributed by atoms with Crippen molar-refractivity contribution in [3.05, 3.63) is 35.3 Å². The summed E-state index contributed by atoms with van der Waals surface area (Å²) in [6, 6.07) is 2.01. The molecule has 4 aliphatic rings. The van der Waals surface area contributed by atoms with Gasteiger partial charge in [0.25, 0.3) is 0 Å². The molecule has 2 aliphatic carbocycles. The summed E-state index contributed by atoms with van der Waals surface area (Å²) in [5.74, 6) is 0.305. The molecule has 3 fully saturated rings. The number of rotatable bonds is 8. The Morgan fingerprint density at radius 2 is 1.69 bits per heavy atom. The summed E-state index contributed by atoms with van der Waals surface area (Å²) in [4.78, 5) is 0. The molecule has 238 valence electrons. The molecule has 1 saturated carbocycles. The van der Waals surface area contributed by atoms with E-state index in [0.29, 0.717) is 12.3 Å². The Labute approximate surface area is 247 Å². The van der Waals surface area contributed by atoms with Crippen molar-refractivity contribution in [3.63, 3.8) is 0 Å². The van der Waals surface area contributed by atoms with Gasteiger partial charge in [0.2, 0.25) is 0 Å². The first kappa shape index (κ1) is 32.0. The van der Waals surface area contributed by atoms with E-state index in [1.165, 1.54) is 16.7 Å². The Morgan fingerprint density at radius 1 is 0.929 bits per heavy atom. The summed E-state index contributed by atoms with van der Waals surface area (Å²) in [5.41, 5.74) is 3.83. The van der Waals surface area contributed by atoms with Gasteiger partial charge in [-0.05, 0) is 73.8 Å². The lowest BCUT2D eigenvalue weighted by Gasteiger charge is -2.58. The number of allylic oxidation sites excluding steroid dienone is 2. The van der Waals surface area contributed by atoms with Crippen molar-refractivity contribution in [2.75, 3.05) is 13.2 Å². The van der Waals surface area contributed by atoms with E-state index in [1.807, 2.05) is 6.07 Å². The zero-order valence-corrected chi connectivity index (χ0v) is 25.0. The summed E-state index contributed by atoms with van der Waals surface area (Å²) in [6.45, 7) is 8.19. The van der Waals surface area contributed by atoms with Crippen LogP contribution >= 0.6 is 0 Å². The van der Waals surface area contributed by atoms with Crippen molar-refractivity contribution >= 4 is 0 Å². The standard InChI is InChI=1S/C31H48O11/c1-16-5-8-21-30(2,3)22(9-11-31(21,4)18(16)7-6-17-10-12-38-14-17)41-29-27(25(36)24(35)20(13-32)40-29)42-28-26(37)23(34)19(33)15-39-28/h10,12,14,19-29,32-37H,5-9,11,13,15H2,1-4H3/t19-,20-,21?,22+,23+,24-,25+,26-,27-,28+,29+,31-/m1/s1. The molecule has 11 nitrogen and oxygen atoms in total. The number of fused-ring (bicyclic) bond motifs is 1. The fourth-order valence-electron chi connectivity index (χ4n) is 8.05. The topological polar surface area (TPSA) is 171 Å². The van der Waals surface area contributed by atoms with E-state index in [0.717, 1.165) is 32.1 Å². The third-order valence-corrected chi connectivity index (χ3v) is 10.5. The van der Waals surface area contributed by atoms with Gasteiger partial charge in [0, 0.05) is 0 Å². The Morgan fingerprint density at radius 3 is 2.38 bits per heavy atom. The van der Waals surface area contributed by atoms with Crippen LogP contribution in [-0.2, 0) is 25.4 Å². The maximum atomic E-state index is 11.0. The first-order valence-corrected chi connectivity index (χ1v) is 15.2. The van der Waals surface area contributed by atoms with Crippen LogP contribution in [0.3, 0.4) is 0 Å². The third kappa shape index (κ3) is 5.85. The molecule has 2 aliphatic heterocycles. The van der Waals surface area contributed by atoms with E-state index < -0.39 is 61.9 Å². The zero-order chi connectivity index (χ0) is 30.4. The van der Waals surface area contributed by atoms with E-state index >= 15 is 0 Å². The van der Waals surface area contributed by atoms with Crippen molar-refractivity contribution in [2.24, 2.45) is 16.7 Å². The maximum absolute atomic E-state index is 11.0.